The van der Waals surface area contributed by atoms with Gasteiger partial charge in [-0.3, -0.25) is 0 Å². The van der Waals surface area contributed by atoms with Gasteiger partial charge in [0.25, 0.3) is 0 Å². The quantitative estimate of drug-likeness (QED) is 0.203. The van der Waals surface area contributed by atoms with Gasteiger partial charge in [-0.05, 0) is 61.8 Å². The van der Waals surface area contributed by atoms with Crippen molar-refractivity contribution in [2.45, 2.75) is 6.17 Å². The second kappa shape index (κ2) is 12.7. The average molecular weight is 615 g/mol. The summed E-state index contributed by atoms with van der Waals surface area (Å²) in [7, 11) is 0. The fourth-order valence-electron chi connectivity index (χ4n) is 6.30. The second-order valence-corrected chi connectivity index (χ2v) is 11.8. The third-order valence-electron chi connectivity index (χ3n) is 8.82. The molecule has 0 amide bonds. The Morgan fingerprint density at radius 2 is 1.10 bits per heavy atom. The number of aliphatic imine (C=N–C) groups is 2. The molecule has 4 heteroatoms. The standard InChI is InChI=1S/C44H30N4/c45-29-38-14-7-8-16-39(38)32-20-18-30(19-21-32)37-27-24-31-15-9-17-40(41(31)28-37)33-22-25-36(26-23-33)44-47-42(34-10-3-1-4-11-34)46-43(48-44)35-12-5-2-6-13-35/h1-28,44H,(H,46,47,48). The van der Waals surface area contributed by atoms with Crippen LogP contribution in [-0.4, -0.2) is 11.7 Å². The van der Waals surface area contributed by atoms with Crippen LogP contribution in [0.25, 0.3) is 44.2 Å². The number of nitrogens with one attached hydrogen (secondary N) is 1. The van der Waals surface area contributed by atoms with E-state index in [9.17, 15) is 5.26 Å². The molecule has 0 bridgehead atoms. The molecule has 0 spiro atoms. The van der Waals surface area contributed by atoms with Gasteiger partial charge in [0, 0.05) is 11.1 Å². The van der Waals surface area contributed by atoms with E-state index in [-0.39, 0.29) is 6.17 Å². The zero-order valence-corrected chi connectivity index (χ0v) is 26.1. The van der Waals surface area contributed by atoms with Crippen LogP contribution in [0.1, 0.15) is 28.4 Å². The van der Waals surface area contributed by atoms with Crippen LogP contribution in [0.4, 0.5) is 0 Å². The van der Waals surface area contributed by atoms with Crippen LogP contribution in [0.15, 0.2) is 180 Å². The van der Waals surface area contributed by atoms with Crippen molar-refractivity contribution in [3.8, 4) is 39.4 Å². The van der Waals surface area contributed by atoms with E-state index in [4.69, 9.17) is 9.98 Å². The maximum absolute atomic E-state index is 9.56. The average Bonchev–Trinajstić information content (AvgIpc) is 3.18. The Bertz CT molecular complexity index is 2350. The predicted molar refractivity (Wildman–Crippen MR) is 197 cm³/mol. The van der Waals surface area contributed by atoms with E-state index in [1.54, 1.807) is 0 Å². The van der Waals surface area contributed by atoms with Gasteiger partial charge in [-0.1, -0.05) is 158 Å². The molecule has 0 saturated carbocycles. The first kappa shape index (κ1) is 28.9. The lowest BCUT2D eigenvalue weighted by atomic mass is 9.93. The van der Waals surface area contributed by atoms with Gasteiger partial charge in [-0.2, -0.15) is 5.26 Å². The summed E-state index contributed by atoms with van der Waals surface area (Å²) in [5.41, 5.74) is 10.3. The molecule has 1 heterocycles. The highest BCUT2D eigenvalue weighted by Gasteiger charge is 2.21. The van der Waals surface area contributed by atoms with E-state index in [1.165, 1.54) is 16.3 Å². The van der Waals surface area contributed by atoms with Crippen LogP contribution in [-0.2, 0) is 0 Å². The minimum absolute atomic E-state index is 0.274. The summed E-state index contributed by atoms with van der Waals surface area (Å²) >= 11 is 0. The molecule has 4 nitrogen and oxygen atoms in total. The first-order valence-corrected chi connectivity index (χ1v) is 16.0. The SMILES string of the molecule is N#Cc1ccccc1-c1ccc(-c2ccc3cccc(-c4ccc(C5N=C(c6ccccc6)N=C(c6ccccc6)N5)cc4)c3c2)cc1. The number of hydrogen-bond donors (Lipinski definition) is 1. The molecule has 1 atom stereocenters. The Morgan fingerprint density at radius 1 is 0.500 bits per heavy atom. The largest absolute Gasteiger partial charge is 0.344 e. The molecule has 0 saturated heterocycles. The minimum Gasteiger partial charge on any atom is -0.344 e. The Labute approximate surface area is 280 Å². The number of nitrogens with zero attached hydrogens (tertiary/aromatic N) is 3. The van der Waals surface area contributed by atoms with Crippen molar-refractivity contribution in [2.75, 3.05) is 0 Å². The molecule has 0 aliphatic carbocycles. The van der Waals surface area contributed by atoms with Gasteiger partial charge in [0.1, 0.15) is 12.0 Å². The molecule has 48 heavy (non-hydrogen) atoms. The molecule has 226 valence electrons. The molecule has 7 aromatic rings. The van der Waals surface area contributed by atoms with Crippen LogP contribution >= 0.6 is 0 Å². The number of rotatable bonds is 6. The lowest BCUT2D eigenvalue weighted by Gasteiger charge is -2.24. The van der Waals surface area contributed by atoms with Gasteiger partial charge >= 0.3 is 0 Å². The van der Waals surface area contributed by atoms with Gasteiger partial charge < -0.3 is 5.32 Å². The topological polar surface area (TPSA) is 60.5 Å². The van der Waals surface area contributed by atoms with E-state index in [0.717, 1.165) is 50.3 Å². The van der Waals surface area contributed by atoms with Crippen LogP contribution in [0.3, 0.4) is 0 Å². The summed E-state index contributed by atoms with van der Waals surface area (Å²) in [6.07, 6.45) is -0.274. The van der Waals surface area contributed by atoms with E-state index >= 15 is 0 Å². The molecule has 1 aliphatic heterocycles. The summed E-state index contributed by atoms with van der Waals surface area (Å²) in [6.45, 7) is 0. The molecule has 7 aromatic carbocycles. The zero-order valence-electron chi connectivity index (χ0n) is 26.1. The second-order valence-electron chi connectivity index (χ2n) is 11.8. The van der Waals surface area contributed by atoms with Crippen LogP contribution in [0.5, 0.6) is 0 Å². The van der Waals surface area contributed by atoms with Crippen molar-refractivity contribution < 1.29 is 0 Å². The fourth-order valence-corrected chi connectivity index (χ4v) is 6.30. The number of benzene rings is 7. The summed E-state index contributed by atoms with van der Waals surface area (Å²) in [5, 5.41) is 15.5. The summed E-state index contributed by atoms with van der Waals surface area (Å²) in [4.78, 5) is 9.93. The van der Waals surface area contributed by atoms with Crippen LogP contribution in [0, 0.1) is 11.3 Å². The normalized spacial score (nSPS) is 14.0. The highest BCUT2D eigenvalue weighted by molar-refractivity contribution is 6.13. The predicted octanol–water partition coefficient (Wildman–Crippen LogP) is 10.2. The highest BCUT2D eigenvalue weighted by atomic mass is 15.2. The maximum Gasteiger partial charge on any atom is 0.159 e. The first-order valence-electron chi connectivity index (χ1n) is 16.0. The molecule has 0 radical (unpaired) electrons. The van der Waals surface area contributed by atoms with Gasteiger partial charge in [0.05, 0.1) is 11.6 Å². The molecule has 8 rings (SSSR count). The molecule has 0 aromatic heterocycles. The maximum atomic E-state index is 9.56. The molecular formula is C44H30N4. The van der Waals surface area contributed by atoms with Gasteiger partial charge in [-0.15, -0.1) is 0 Å². The number of fused-ring (bicyclic) bond motifs is 1. The number of nitriles is 1. The Hall–Kier alpha value is -6.57. The van der Waals surface area contributed by atoms with E-state index in [1.807, 2.05) is 72.8 Å². The van der Waals surface area contributed by atoms with Crippen molar-refractivity contribution in [1.82, 2.24) is 5.32 Å². The summed E-state index contributed by atoms with van der Waals surface area (Å²) in [5.74, 6) is 1.52. The van der Waals surface area contributed by atoms with Crippen molar-refractivity contribution >= 4 is 22.4 Å². The third kappa shape index (κ3) is 5.66. The van der Waals surface area contributed by atoms with Crippen LogP contribution in [0.2, 0.25) is 0 Å². The van der Waals surface area contributed by atoms with E-state index in [2.05, 4.69) is 108 Å². The monoisotopic (exact) mass is 614 g/mol. The Balaban J connectivity index is 1.11. The Kier molecular flexibility index (Phi) is 7.62. The van der Waals surface area contributed by atoms with Gasteiger partial charge in [0.2, 0.25) is 0 Å². The fraction of sp³-hybridized carbons (Fsp3) is 0.0227. The van der Waals surface area contributed by atoms with Crippen molar-refractivity contribution in [1.29, 1.82) is 5.26 Å². The summed E-state index contributed by atoms with van der Waals surface area (Å²) in [6, 6.07) is 60.6. The number of amidine groups is 2. The molecule has 0 fully saturated rings. The summed E-state index contributed by atoms with van der Waals surface area (Å²) < 4.78 is 0. The third-order valence-corrected chi connectivity index (χ3v) is 8.82. The van der Waals surface area contributed by atoms with Crippen molar-refractivity contribution in [3.63, 3.8) is 0 Å². The van der Waals surface area contributed by atoms with Crippen LogP contribution < -0.4 is 5.32 Å². The van der Waals surface area contributed by atoms with E-state index in [0.29, 0.717) is 11.4 Å². The highest BCUT2D eigenvalue weighted by Crippen LogP contribution is 2.34. The van der Waals surface area contributed by atoms with Crippen molar-refractivity contribution in [3.05, 3.63) is 192 Å². The lowest BCUT2D eigenvalue weighted by Crippen LogP contribution is -2.33. The van der Waals surface area contributed by atoms with E-state index < -0.39 is 0 Å². The Morgan fingerprint density at radius 3 is 1.85 bits per heavy atom. The first-order chi connectivity index (χ1) is 23.7. The molecule has 1 unspecified atom stereocenters. The smallest absolute Gasteiger partial charge is 0.159 e. The lowest BCUT2D eigenvalue weighted by molar-refractivity contribution is 0.674. The molecule has 1 N–H and O–H groups in total. The minimum atomic E-state index is -0.274. The molecular weight excluding hydrogens is 585 g/mol. The number of hydrogen-bond acceptors (Lipinski definition) is 4. The zero-order chi connectivity index (χ0) is 32.3. The van der Waals surface area contributed by atoms with Gasteiger partial charge in [-0.25, -0.2) is 9.98 Å². The van der Waals surface area contributed by atoms with Gasteiger partial charge in [0.15, 0.2) is 5.84 Å². The molecule has 1 aliphatic rings. The van der Waals surface area contributed by atoms with Crippen molar-refractivity contribution in [2.24, 2.45) is 9.98 Å².